The van der Waals surface area contributed by atoms with E-state index in [9.17, 15) is 0 Å². The quantitative estimate of drug-likeness (QED) is 0.593. The Kier molecular flexibility index (Phi) is 7.19. The molecule has 0 aliphatic rings. The zero-order valence-electron chi connectivity index (χ0n) is 20.0. The molecular weight excluding hydrogens is 374 g/mol. The highest BCUT2D eigenvalue weighted by atomic mass is 28.4. The van der Waals surface area contributed by atoms with E-state index in [1.54, 1.807) is 0 Å². The first kappa shape index (κ1) is 23.8. The Morgan fingerprint density at radius 2 is 1.66 bits per heavy atom. The maximum atomic E-state index is 6.38. The highest BCUT2D eigenvalue weighted by Gasteiger charge is 2.36. The number of imidazole rings is 1. The molecule has 1 atom stereocenters. The Bertz CT molecular complexity index is 795. The van der Waals surface area contributed by atoms with Gasteiger partial charge in [0.2, 0.25) is 0 Å². The third-order valence-corrected chi connectivity index (χ3v) is 10.6. The summed E-state index contributed by atoms with van der Waals surface area (Å²) < 4.78 is 8.39. The molecule has 0 saturated carbocycles. The van der Waals surface area contributed by atoms with Gasteiger partial charge >= 0.3 is 0 Å². The van der Waals surface area contributed by atoms with Crippen molar-refractivity contribution in [2.45, 2.75) is 84.0 Å². The molecule has 2 N–H and O–H groups in total. The first-order valence-electron chi connectivity index (χ1n) is 10.7. The normalized spacial score (nSPS) is 14.3. The Morgan fingerprint density at radius 3 is 2.14 bits per heavy atom. The molecule has 0 saturated heterocycles. The van der Waals surface area contributed by atoms with Crippen LogP contribution in [-0.4, -0.2) is 30.5 Å². The van der Waals surface area contributed by atoms with Crippen LogP contribution in [0, 0.1) is 0 Å². The molecular formula is C24H41N3OSi. The minimum absolute atomic E-state index is 0.0339. The van der Waals surface area contributed by atoms with Crippen LogP contribution in [0.3, 0.4) is 0 Å². The molecule has 1 aromatic carbocycles. The molecule has 0 aliphatic heterocycles. The maximum Gasteiger partial charge on any atom is 0.191 e. The summed E-state index contributed by atoms with van der Waals surface area (Å²) in [5.74, 6) is 1.10. The molecule has 5 heteroatoms. The Balaban J connectivity index is 1.94. The topological polar surface area (TPSA) is 53.1 Å². The highest BCUT2D eigenvalue weighted by molar-refractivity contribution is 6.74. The molecule has 0 aliphatic carbocycles. The number of hydrogen-bond acceptors (Lipinski definition) is 3. The summed E-state index contributed by atoms with van der Waals surface area (Å²) in [5.41, 5.74) is 9.85. The number of nitrogens with zero attached hydrogens (tertiary/aromatic N) is 2. The predicted molar refractivity (Wildman–Crippen MR) is 127 cm³/mol. The van der Waals surface area contributed by atoms with Gasteiger partial charge in [-0.3, -0.25) is 0 Å². The van der Waals surface area contributed by atoms with Gasteiger partial charge in [0.25, 0.3) is 0 Å². The van der Waals surface area contributed by atoms with Crippen molar-refractivity contribution in [2.24, 2.45) is 12.8 Å². The van der Waals surface area contributed by atoms with Crippen LogP contribution < -0.4 is 5.73 Å². The SMILES string of the molecule is Cn1cc(-c2ccc(C[C@H](N)CCO[Si](C)(C)C(C)(C)C)cc2)nc1C(C)(C)C. The van der Waals surface area contributed by atoms with E-state index >= 15 is 0 Å². The summed E-state index contributed by atoms with van der Waals surface area (Å²) in [6.07, 6.45) is 3.87. The van der Waals surface area contributed by atoms with E-state index in [-0.39, 0.29) is 16.5 Å². The monoisotopic (exact) mass is 415 g/mol. The van der Waals surface area contributed by atoms with Gasteiger partial charge in [0.15, 0.2) is 8.32 Å². The van der Waals surface area contributed by atoms with Crippen LogP contribution in [0.15, 0.2) is 30.5 Å². The minimum atomic E-state index is -1.69. The summed E-state index contributed by atoms with van der Waals surface area (Å²) in [6, 6.07) is 8.78. The van der Waals surface area contributed by atoms with Gasteiger partial charge in [0, 0.05) is 36.9 Å². The number of aryl methyl sites for hydroxylation is 1. The van der Waals surface area contributed by atoms with E-state index in [2.05, 4.69) is 96.7 Å². The van der Waals surface area contributed by atoms with Gasteiger partial charge in [0.1, 0.15) is 5.82 Å². The lowest BCUT2D eigenvalue weighted by molar-refractivity contribution is 0.271. The van der Waals surface area contributed by atoms with Crippen LogP contribution in [0.1, 0.15) is 59.4 Å². The smallest absolute Gasteiger partial charge is 0.191 e. The average Bonchev–Trinajstić information content (AvgIpc) is 2.96. The third kappa shape index (κ3) is 6.27. The fraction of sp³-hybridized carbons (Fsp3) is 0.625. The van der Waals surface area contributed by atoms with Crippen LogP contribution in [0.2, 0.25) is 18.1 Å². The molecule has 4 nitrogen and oxygen atoms in total. The molecule has 2 aromatic rings. The number of aromatic nitrogens is 2. The molecule has 29 heavy (non-hydrogen) atoms. The number of rotatable bonds is 7. The fourth-order valence-electron chi connectivity index (χ4n) is 3.20. The Hall–Kier alpha value is -1.43. The summed E-state index contributed by atoms with van der Waals surface area (Å²) in [4.78, 5) is 4.85. The zero-order chi connectivity index (χ0) is 22.0. The second-order valence-corrected chi connectivity index (χ2v) is 15.7. The van der Waals surface area contributed by atoms with Gasteiger partial charge in [-0.25, -0.2) is 4.98 Å². The van der Waals surface area contributed by atoms with Crippen LogP contribution in [-0.2, 0) is 23.3 Å². The van der Waals surface area contributed by atoms with Gasteiger partial charge in [0.05, 0.1) is 5.69 Å². The largest absolute Gasteiger partial charge is 0.417 e. The lowest BCUT2D eigenvalue weighted by Gasteiger charge is -2.36. The van der Waals surface area contributed by atoms with Crippen molar-refractivity contribution in [3.8, 4) is 11.3 Å². The molecule has 0 amide bonds. The number of hydrogen-bond donors (Lipinski definition) is 1. The van der Waals surface area contributed by atoms with Gasteiger partial charge in [-0.1, -0.05) is 65.8 Å². The second-order valence-electron chi connectivity index (χ2n) is 10.9. The lowest BCUT2D eigenvalue weighted by Crippen LogP contribution is -2.41. The van der Waals surface area contributed by atoms with E-state index in [1.807, 2.05) is 0 Å². The highest BCUT2D eigenvalue weighted by Crippen LogP contribution is 2.36. The lowest BCUT2D eigenvalue weighted by atomic mass is 9.96. The van der Waals surface area contributed by atoms with Crippen molar-refractivity contribution in [3.05, 3.63) is 41.9 Å². The van der Waals surface area contributed by atoms with Crippen molar-refractivity contribution in [3.63, 3.8) is 0 Å². The first-order valence-corrected chi connectivity index (χ1v) is 13.6. The van der Waals surface area contributed by atoms with Crippen molar-refractivity contribution < 1.29 is 4.43 Å². The van der Waals surface area contributed by atoms with Gasteiger partial charge in [-0.05, 0) is 36.5 Å². The molecule has 0 fully saturated rings. The van der Waals surface area contributed by atoms with Gasteiger partial charge < -0.3 is 14.7 Å². The van der Waals surface area contributed by atoms with Crippen molar-refractivity contribution in [1.82, 2.24) is 9.55 Å². The van der Waals surface area contributed by atoms with E-state index in [0.29, 0.717) is 0 Å². The van der Waals surface area contributed by atoms with E-state index in [1.165, 1.54) is 5.56 Å². The van der Waals surface area contributed by atoms with Gasteiger partial charge in [-0.15, -0.1) is 0 Å². The zero-order valence-corrected chi connectivity index (χ0v) is 21.0. The van der Waals surface area contributed by atoms with Crippen LogP contribution in [0.4, 0.5) is 0 Å². The van der Waals surface area contributed by atoms with Crippen molar-refractivity contribution >= 4 is 8.32 Å². The fourth-order valence-corrected chi connectivity index (χ4v) is 4.26. The van der Waals surface area contributed by atoms with E-state index < -0.39 is 8.32 Å². The summed E-state index contributed by atoms with van der Waals surface area (Å²) in [6.45, 7) is 18.7. The predicted octanol–water partition coefficient (Wildman–Crippen LogP) is 5.67. The van der Waals surface area contributed by atoms with E-state index in [0.717, 1.165) is 36.5 Å². The summed E-state index contributed by atoms with van der Waals surface area (Å²) in [5, 5.41) is 0.241. The standard InChI is InChI=1S/C24H41N3OSi/c1-23(2,3)22-26-21(17-27(22)7)19-12-10-18(11-13-19)16-20(25)14-15-28-29(8,9)24(4,5)6/h10-13,17,20H,14-16,25H2,1-9H3/t20-/m1/s1. The summed E-state index contributed by atoms with van der Waals surface area (Å²) >= 11 is 0. The first-order chi connectivity index (χ1) is 13.2. The molecule has 1 aromatic heterocycles. The Labute approximate surface area is 179 Å². The molecule has 0 bridgehead atoms. The summed E-state index contributed by atoms with van der Waals surface area (Å²) in [7, 11) is 0.376. The molecule has 162 valence electrons. The molecule has 1 heterocycles. The van der Waals surface area contributed by atoms with Crippen LogP contribution >= 0.6 is 0 Å². The van der Waals surface area contributed by atoms with Crippen molar-refractivity contribution in [1.29, 1.82) is 0 Å². The van der Waals surface area contributed by atoms with Crippen molar-refractivity contribution in [2.75, 3.05) is 6.61 Å². The van der Waals surface area contributed by atoms with Crippen LogP contribution in [0.5, 0.6) is 0 Å². The number of benzene rings is 1. The van der Waals surface area contributed by atoms with Gasteiger partial charge in [-0.2, -0.15) is 0 Å². The average molecular weight is 416 g/mol. The molecule has 2 rings (SSSR count). The van der Waals surface area contributed by atoms with E-state index in [4.69, 9.17) is 15.1 Å². The Morgan fingerprint density at radius 1 is 1.07 bits per heavy atom. The molecule has 0 radical (unpaired) electrons. The molecule has 0 unspecified atom stereocenters. The van der Waals surface area contributed by atoms with Crippen LogP contribution in [0.25, 0.3) is 11.3 Å². The second kappa shape index (κ2) is 8.74. The maximum absolute atomic E-state index is 6.38. The minimum Gasteiger partial charge on any atom is -0.417 e. The molecule has 0 spiro atoms. The third-order valence-electron chi connectivity index (χ3n) is 6.05. The number of nitrogens with two attached hydrogens (primary N) is 1.